The molecule has 1 atom stereocenters. The first kappa shape index (κ1) is 13.1. The topological polar surface area (TPSA) is 70.2 Å². The second kappa shape index (κ2) is 5.97. The fraction of sp³-hybridized carbons (Fsp3) is 0.417. The van der Waals surface area contributed by atoms with E-state index in [0.29, 0.717) is 0 Å². The van der Waals surface area contributed by atoms with Crippen molar-refractivity contribution in [3.05, 3.63) is 39.9 Å². The summed E-state index contributed by atoms with van der Waals surface area (Å²) in [5.41, 5.74) is 1.14. The number of rotatable bonds is 5. The zero-order valence-electron chi connectivity index (χ0n) is 9.96. The summed E-state index contributed by atoms with van der Waals surface area (Å²) in [5, 5.41) is 19.2. The van der Waals surface area contributed by atoms with Crippen molar-refractivity contribution in [2.75, 3.05) is 13.6 Å². The van der Waals surface area contributed by atoms with Crippen LogP contribution in [0, 0.1) is 21.4 Å². The van der Waals surface area contributed by atoms with Gasteiger partial charge in [0.05, 0.1) is 17.0 Å². The molecule has 0 amide bonds. The van der Waals surface area contributed by atoms with Gasteiger partial charge in [-0.3, -0.25) is 15.0 Å². The van der Waals surface area contributed by atoms with Crippen molar-refractivity contribution in [1.82, 2.24) is 4.90 Å². The van der Waals surface area contributed by atoms with Crippen LogP contribution >= 0.6 is 0 Å². The lowest BCUT2D eigenvalue weighted by Crippen LogP contribution is -2.29. The van der Waals surface area contributed by atoms with Crippen LogP contribution in [0.5, 0.6) is 0 Å². The number of hydrogen-bond acceptors (Lipinski definition) is 4. The zero-order valence-corrected chi connectivity index (χ0v) is 9.96. The number of hydrogen-bond donors (Lipinski definition) is 0. The van der Waals surface area contributed by atoms with Crippen LogP contribution in [0.2, 0.25) is 0 Å². The van der Waals surface area contributed by atoms with Crippen LogP contribution in [-0.4, -0.2) is 29.5 Å². The van der Waals surface area contributed by atoms with E-state index < -0.39 is 4.92 Å². The van der Waals surface area contributed by atoms with Crippen molar-refractivity contribution in [2.24, 2.45) is 0 Å². The third-order valence-corrected chi connectivity index (χ3v) is 2.75. The SMILES string of the molecule is CC(C#N)N(C)CCc1ccc([N+](=O)[O-])cc1. The summed E-state index contributed by atoms with van der Waals surface area (Å²) in [4.78, 5) is 12.0. The maximum absolute atomic E-state index is 10.5. The molecule has 0 bridgehead atoms. The highest BCUT2D eigenvalue weighted by molar-refractivity contribution is 5.32. The van der Waals surface area contributed by atoms with E-state index in [0.717, 1.165) is 18.5 Å². The molecule has 5 nitrogen and oxygen atoms in total. The molecule has 1 aromatic carbocycles. The van der Waals surface area contributed by atoms with E-state index >= 15 is 0 Å². The molecule has 0 aliphatic heterocycles. The van der Waals surface area contributed by atoms with Crippen molar-refractivity contribution >= 4 is 5.69 Å². The predicted octanol–water partition coefficient (Wildman–Crippen LogP) is 1.98. The van der Waals surface area contributed by atoms with Crippen LogP contribution in [0.25, 0.3) is 0 Å². The fourth-order valence-electron chi connectivity index (χ4n) is 1.38. The number of nitro groups is 1. The molecule has 1 rings (SSSR count). The number of non-ortho nitro benzene ring substituents is 1. The molecule has 0 aliphatic rings. The van der Waals surface area contributed by atoms with Gasteiger partial charge in [0.2, 0.25) is 0 Å². The second-order valence-corrected chi connectivity index (χ2v) is 3.96. The van der Waals surface area contributed by atoms with Crippen molar-refractivity contribution in [3.8, 4) is 6.07 Å². The summed E-state index contributed by atoms with van der Waals surface area (Å²) >= 11 is 0. The number of benzene rings is 1. The van der Waals surface area contributed by atoms with Crippen LogP contribution in [0.3, 0.4) is 0 Å². The molecule has 0 saturated carbocycles. The minimum Gasteiger partial charge on any atom is -0.291 e. The lowest BCUT2D eigenvalue weighted by atomic mass is 10.1. The largest absolute Gasteiger partial charge is 0.291 e. The Morgan fingerprint density at radius 3 is 2.53 bits per heavy atom. The Kier molecular flexibility index (Phi) is 4.61. The lowest BCUT2D eigenvalue weighted by molar-refractivity contribution is -0.384. The zero-order chi connectivity index (χ0) is 12.8. The van der Waals surface area contributed by atoms with E-state index in [4.69, 9.17) is 5.26 Å². The molecule has 1 aromatic rings. The van der Waals surface area contributed by atoms with Crippen molar-refractivity contribution in [3.63, 3.8) is 0 Å². The van der Waals surface area contributed by atoms with Gasteiger partial charge in [-0.15, -0.1) is 0 Å². The predicted molar refractivity (Wildman–Crippen MR) is 64.5 cm³/mol. The van der Waals surface area contributed by atoms with E-state index in [1.807, 2.05) is 18.9 Å². The molecular formula is C12H15N3O2. The smallest absolute Gasteiger partial charge is 0.269 e. The first-order valence-corrected chi connectivity index (χ1v) is 5.37. The summed E-state index contributed by atoms with van der Waals surface area (Å²) in [6, 6.07) is 8.56. The molecule has 0 heterocycles. The fourth-order valence-corrected chi connectivity index (χ4v) is 1.38. The monoisotopic (exact) mass is 233 g/mol. The van der Waals surface area contributed by atoms with Crippen molar-refractivity contribution in [2.45, 2.75) is 19.4 Å². The Balaban J connectivity index is 2.53. The maximum atomic E-state index is 10.5. The van der Waals surface area contributed by atoms with E-state index in [9.17, 15) is 10.1 Å². The van der Waals surface area contributed by atoms with Gasteiger partial charge >= 0.3 is 0 Å². The Bertz CT molecular complexity index is 422. The summed E-state index contributed by atoms with van der Waals surface area (Å²) in [7, 11) is 1.89. The van der Waals surface area contributed by atoms with Crippen LogP contribution in [0.4, 0.5) is 5.69 Å². The van der Waals surface area contributed by atoms with Gasteiger partial charge in [-0.1, -0.05) is 12.1 Å². The number of likely N-dealkylation sites (N-methyl/N-ethyl adjacent to an activating group) is 1. The number of nitrogens with zero attached hydrogens (tertiary/aromatic N) is 3. The highest BCUT2D eigenvalue weighted by atomic mass is 16.6. The molecular weight excluding hydrogens is 218 g/mol. The minimum atomic E-state index is -0.409. The summed E-state index contributed by atoms with van der Waals surface area (Å²) < 4.78 is 0. The van der Waals surface area contributed by atoms with E-state index in [1.165, 1.54) is 12.1 Å². The average Bonchev–Trinajstić information content (AvgIpc) is 2.35. The van der Waals surface area contributed by atoms with Gasteiger partial charge in [0.15, 0.2) is 0 Å². The van der Waals surface area contributed by atoms with E-state index in [1.54, 1.807) is 12.1 Å². The molecule has 5 heteroatoms. The van der Waals surface area contributed by atoms with Gasteiger partial charge in [0.25, 0.3) is 5.69 Å². The third-order valence-electron chi connectivity index (χ3n) is 2.75. The van der Waals surface area contributed by atoms with Gasteiger partial charge in [-0.05, 0) is 26.0 Å². The van der Waals surface area contributed by atoms with Crippen LogP contribution < -0.4 is 0 Å². The summed E-state index contributed by atoms with van der Waals surface area (Å²) in [5.74, 6) is 0. The number of nitriles is 1. The molecule has 0 fully saturated rings. The molecule has 90 valence electrons. The normalized spacial score (nSPS) is 12.1. The Labute approximate surface area is 100 Å². The van der Waals surface area contributed by atoms with E-state index in [2.05, 4.69) is 6.07 Å². The Morgan fingerprint density at radius 1 is 1.47 bits per heavy atom. The van der Waals surface area contributed by atoms with E-state index in [-0.39, 0.29) is 11.7 Å². The molecule has 0 aromatic heterocycles. The Morgan fingerprint density at radius 2 is 2.06 bits per heavy atom. The van der Waals surface area contributed by atoms with Crippen molar-refractivity contribution in [1.29, 1.82) is 5.26 Å². The lowest BCUT2D eigenvalue weighted by Gasteiger charge is -2.18. The quantitative estimate of drug-likeness (QED) is 0.576. The highest BCUT2D eigenvalue weighted by Crippen LogP contribution is 2.12. The van der Waals surface area contributed by atoms with Crippen LogP contribution in [-0.2, 0) is 6.42 Å². The first-order chi connectivity index (χ1) is 8.04. The molecule has 17 heavy (non-hydrogen) atoms. The van der Waals surface area contributed by atoms with Crippen molar-refractivity contribution < 1.29 is 4.92 Å². The third kappa shape index (κ3) is 3.85. The van der Waals surface area contributed by atoms with Crippen LogP contribution in [0.15, 0.2) is 24.3 Å². The maximum Gasteiger partial charge on any atom is 0.269 e. The molecule has 1 unspecified atom stereocenters. The van der Waals surface area contributed by atoms with Gasteiger partial charge in [0.1, 0.15) is 0 Å². The van der Waals surface area contributed by atoms with Crippen LogP contribution in [0.1, 0.15) is 12.5 Å². The second-order valence-electron chi connectivity index (χ2n) is 3.96. The molecule has 0 radical (unpaired) electrons. The van der Waals surface area contributed by atoms with Gasteiger partial charge < -0.3 is 0 Å². The highest BCUT2D eigenvalue weighted by Gasteiger charge is 2.08. The molecule has 0 saturated heterocycles. The molecule has 0 aliphatic carbocycles. The Hall–Kier alpha value is -1.93. The van der Waals surface area contributed by atoms with Gasteiger partial charge in [0, 0.05) is 18.7 Å². The minimum absolute atomic E-state index is 0.104. The average molecular weight is 233 g/mol. The van der Waals surface area contributed by atoms with Gasteiger partial charge in [-0.25, -0.2) is 0 Å². The molecule has 0 N–H and O–H groups in total. The number of nitro benzene ring substituents is 1. The van der Waals surface area contributed by atoms with Gasteiger partial charge in [-0.2, -0.15) is 5.26 Å². The standard InChI is InChI=1S/C12H15N3O2/c1-10(9-13)14(2)8-7-11-3-5-12(6-4-11)15(16)17/h3-6,10H,7-8H2,1-2H3. The first-order valence-electron chi connectivity index (χ1n) is 5.37. The summed E-state index contributed by atoms with van der Waals surface area (Å²) in [6.07, 6.45) is 0.778. The molecule has 0 spiro atoms. The summed E-state index contributed by atoms with van der Waals surface area (Å²) in [6.45, 7) is 2.60.